The van der Waals surface area contributed by atoms with E-state index >= 15 is 0 Å². The molecule has 0 spiro atoms. The number of hydrogen-bond acceptors (Lipinski definition) is 5. The molecule has 1 unspecified atom stereocenters. The topological polar surface area (TPSA) is 47.0 Å². The number of nitrogens with one attached hydrogen (secondary N) is 1. The molecule has 6 heteroatoms. The minimum absolute atomic E-state index is 0.168. The van der Waals surface area contributed by atoms with Crippen molar-refractivity contribution in [3.63, 3.8) is 0 Å². The molecular formula is C17H22FN3OS. The molecule has 1 aromatic heterocycles. The van der Waals surface area contributed by atoms with Crippen LogP contribution in [-0.4, -0.2) is 23.1 Å². The van der Waals surface area contributed by atoms with E-state index in [9.17, 15) is 4.39 Å². The van der Waals surface area contributed by atoms with Gasteiger partial charge < -0.3 is 10.1 Å². The highest BCUT2D eigenvalue weighted by atomic mass is 32.1. The number of benzene rings is 1. The van der Waals surface area contributed by atoms with Crippen molar-refractivity contribution in [3.05, 3.63) is 41.5 Å². The van der Waals surface area contributed by atoms with Crippen molar-refractivity contribution < 1.29 is 9.13 Å². The third kappa shape index (κ3) is 4.26. The van der Waals surface area contributed by atoms with E-state index in [1.807, 2.05) is 12.1 Å². The van der Waals surface area contributed by atoms with Gasteiger partial charge in [-0.2, -0.15) is 4.37 Å². The normalized spacial score (nSPS) is 16.6. The predicted octanol–water partition coefficient (Wildman–Crippen LogP) is 4.21. The van der Waals surface area contributed by atoms with Gasteiger partial charge in [-0.3, -0.25) is 0 Å². The lowest BCUT2D eigenvalue weighted by molar-refractivity contribution is 0.201. The van der Waals surface area contributed by atoms with E-state index in [1.54, 1.807) is 7.11 Å². The number of anilines is 1. The first-order valence-corrected chi connectivity index (χ1v) is 8.87. The molecule has 0 radical (unpaired) electrons. The molecule has 2 aromatic rings. The Hall–Kier alpha value is -1.53. The van der Waals surface area contributed by atoms with Gasteiger partial charge in [-0.15, -0.1) is 0 Å². The van der Waals surface area contributed by atoms with Gasteiger partial charge in [0, 0.05) is 25.1 Å². The van der Waals surface area contributed by atoms with Crippen LogP contribution < -0.4 is 5.32 Å². The fraction of sp³-hybridized carbons (Fsp3) is 0.529. The molecule has 1 atom stereocenters. The summed E-state index contributed by atoms with van der Waals surface area (Å²) in [6, 6.07) is 6.98. The SMILES string of the molecule is COCCc1nsc(NC(c2ccc(F)cc2)C2CCCC2)n1. The van der Waals surface area contributed by atoms with Gasteiger partial charge >= 0.3 is 0 Å². The van der Waals surface area contributed by atoms with Crippen molar-refractivity contribution in [3.8, 4) is 0 Å². The van der Waals surface area contributed by atoms with Crippen molar-refractivity contribution in [1.82, 2.24) is 9.36 Å². The molecule has 124 valence electrons. The highest BCUT2D eigenvalue weighted by Gasteiger charge is 2.27. The van der Waals surface area contributed by atoms with Crippen LogP contribution in [0.2, 0.25) is 0 Å². The summed E-state index contributed by atoms with van der Waals surface area (Å²) < 4.78 is 22.7. The second-order valence-electron chi connectivity index (χ2n) is 5.98. The van der Waals surface area contributed by atoms with Crippen LogP contribution in [0.3, 0.4) is 0 Å². The number of methoxy groups -OCH3 is 1. The van der Waals surface area contributed by atoms with Crippen molar-refractivity contribution >= 4 is 16.7 Å². The molecule has 23 heavy (non-hydrogen) atoms. The zero-order valence-electron chi connectivity index (χ0n) is 13.3. The van der Waals surface area contributed by atoms with Gasteiger partial charge in [0.05, 0.1) is 12.6 Å². The lowest BCUT2D eigenvalue weighted by Gasteiger charge is -2.24. The van der Waals surface area contributed by atoms with Crippen LogP contribution in [0.15, 0.2) is 24.3 Å². The zero-order chi connectivity index (χ0) is 16.1. The van der Waals surface area contributed by atoms with Crippen LogP contribution >= 0.6 is 11.5 Å². The largest absolute Gasteiger partial charge is 0.384 e. The average Bonchev–Trinajstić information content (AvgIpc) is 3.23. The van der Waals surface area contributed by atoms with Crippen molar-refractivity contribution in [2.24, 2.45) is 5.92 Å². The minimum atomic E-state index is -0.198. The Morgan fingerprint density at radius 2 is 2.04 bits per heavy atom. The molecule has 0 bridgehead atoms. The Morgan fingerprint density at radius 3 is 2.74 bits per heavy atom. The summed E-state index contributed by atoms with van der Waals surface area (Å²) in [5.41, 5.74) is 1.12. The predicted molar refractivity (Wildman–Crippen MR) is 90.2 cm³/mol. The summed E-state index contributed by atoms with van der Waals surface area (Å²) in [5, 5.41) is 4.37. The molecular weight excluding hydrogens is 313 g/mol. The maximum Gasteiger partial charge on any atom is 0.203 e. The van der Waals surface area contributed by atoms with Crippen molar-refractivity contribution in [2.45, 2.75) is 38.1 Å². The molecule has 0 amide bonds. The number of halogens is 1. The lowest BCUT2D eigenvalue weighted by atomic mass is 9.92. The van der Waals surface area contributed by atoms with E-state index in [2.05, 4.69) is 14.7 Å². The highest BCUT2D eigenvalue weighted by molar-refractivity contribution is 7.09. The number of ether oxygens (including phenoxy) is 1. The summed E-state index contributed by atoms with van der Waals surface area (Å²) >= 11 is 1.38. The Labute approximate surface area is 140 Å². The van der Waals surface area contributed by atoms with E-state index in [1.165, 1.54) is 49.3 Å². The molecule has 1 fully saturated rings. The second kappa shape index (κ2) is 7.84. The molecule has 1 aliphatic rings. The zero-order valence-corrected chi connectivity index (χ0v) is 14.1. The van der Waals surface area contributed by atoms with Crippen molar-refractivity contribution in [1.29, 1.82) is 0 Å². The van der Waals surface area contributed by atoms with Gasteiger partial charge in [0.15, 0.2) is 0 Å². The summed E-state index contributed by atoms with van der Waals surface area (Å²) in [5.74, 6) is 1.17. The Balaban J connectivity index is 1.75. The van der Waals surface area contributed by atoms with E-state index < -0.39 is 0 Å². The first-order chi connectivity index (χ1) is 11.3. The highest BCUT2D eigenvalue weighted by Crippen LogP contribution is 2.38. The Bertz CT molecular complexity index is 611. The number of hydrogen-bond donors (Lipinski definition) is 1. The first kappa shape index (κ1) is 16.3. The number of nitrogens with zero attached hydrogens (tertiary/aromatic N) is 2. The Morgan fingerprint density at radius 1 is 1.30 bits per heavy atom. The quantitative estimate of drug-likeness (QED) is 0.823. The van der Waals surface area contributed by atoms with Crippen LogP contribution in [0, 0.1) is 11.7 Å². The first-order valence-electron chi connectivity index (χ1n) is 8.10. The van der Waals surface area contributed by atoms with Crippen LogP contribution in [0.4, 0.5) is 9.52 Å². The Kier molecular flexibility index (Phi) is 5.56. The minimum Gasteiger partial charge on any atom is -0.384 e. The molecule has 1 aliphatic carbocycles. The van der Waals surface area contributed by atoms with Gasteiger partial charge in [0.1, 0.15) is 11.6 Å². The molecule has 0 aliphatic heterocycles. The van der Waals surface area contributed by atoms with Gasteiger partial charge in [-0.25, -0.2) is 9.37 Å². The van der Waals surface area contributed by atoms with E-state index in [-0.39, 0.29) is 11.9 Å². The van der Waals surface area contributed by atoms with Gasteiger partial charge in [0.25, 0.3) is 0 Å². The fourth-order valence-corrected chi connectivity index (χ4v) is 3.82. The second-order valence-corrected chi connectivity index (χ2v) is 6.73. The standard InChI is InChI=1S/C17H22FN3OS/c1-22-11-10-15-19-17(23-21-15)20-16(12-4-2-3-5-12)13-6-8-14(18)9-7-13/h6-9,12,16H,2-5,10-11H2,1H3,(H,19,20,21). The maximum absolute atomic E-state index is 13.2. The summed E-state index contributed by atoms with van der Waals surface area (Å²) in [4.78, 5) is 4.54. The fourth-order valence-electron chi connectivity index (χ4n) is 3.17. The summed E-state index contributed by atoms with van der Waals surface area (Å²) in [7, 11) is 1.68. The molecule has 1 aromatic carbocycles. The van der Waals surface area contributed by atoms with Crippen LogP contribution in [0.1, 0.15) is 43.1 Å². The smallest absolute Gasteiger partial charge is 0.203 e. The third-order valence-corrected chi connectivity index (χ3v) is 5.06. The van der Waals surface area contributed by atoms with Crippen LogP contribution in [0.25, 0.3) is 0 Å². The van der Waals surface area contributed by atoms with Crippen LogP contribution in [-0.2, 0) is 11.2 Å². The molecule has 3 rings (SSSR count). The molecule has 1 N–H and O–H groups in total. The molecule has 4 nitrogen and oxygen atoms in total. The average molecular weight is 335 g/mol. The lowest BCUT2D eigenvalue weighted by Crippen LogP contribution is -2.19. The number of rotatable bonds is 7. The monoisotopic (exact) mass is 335 g/mol. The molecule has 1 saturated carbocycles. The van der Waals surface area contributed by atoms with Crippen LogP contribution in [0.5, 0.6) is 0 Å². The summed E-state index contributed by atoms with van der Waals surface area (Å²) in [6.07, 6.45) is 5.65. The molecule has 0 saturated heterocycles. The van der Waals surface area contributed by atoms with Gasteiger partial charge in [0.2, 0.25) is 5.13 Å². The van der Waals surface area contributed by atoms with E-state index in [0.29, 0.717) is 12.5 Å². The van der Waals surface area contributed by atoms with Gasteiger partial charge in [-0.05, 0) is 36.5 Å². The third-order valence-electron chi connectivity index (χ3n) is 4.38. The van der Waals surface area contributed by atoms with Crippen molar-refractivity contribution in [2.75, 3.05) is 19.0 Å². The molecule has 1 heterocycles. The number of aromatic nitrogens is 2. The van der Waals surface area contributed by atoms with E-state index in [0.717, 1.165) is 22.9 Å². The summed E-state index contributed by atoms with van der Waals surface area (Å²) in [6.45, 7) is 0.625. The van der Waals surface area contributed by atoms with Gasteiger partial charge in [-0.1, -0.05) is 25.0 Å². The van der Waals surface area contributed by atoms with E-state index in [4.69, 9.17) is 4.74 Å². The maximum atomic E-state index is 13.2.